The molecule has 0 saturated heterocycles. The number of tetrazole rings is 1. The highest BCUT2D eigenvalue weighted by atomic mass is 35.5. The number of benzene rings is 2. The number of hydrogen-bond acceptors (Lipinski definition) is 5. The normalized spacial score (nSPS) is 11.9. The second kappa shape index (κ2) is 7.71. The van der Waals surface area contributed by atoms with Gasteiger partial charge in [-0.05, 0) is 73.2 Å². The molecule has 0 spiro atoms. The van der Waals surface area contributed by atoms with E-state index in [1.807, 2.05) is 6.92 Å². The fourth-order valence-electron chi connectivity index (χ4n) is 2.44. The van der Waals surface area contributed by atoms with Crippen molar-refractivity contribution in [1.82, 2.24) is 20.2 Å². The van der Waals surface area contributed by atoms with Crippen molar-refractivity contribution in [3.8, 4) is 11.4 Å². The zero-order valence-electron chi connectivity index (χ0n) is 14.9. The van der Waals surface area contributed by atoms with Gasteiger partial charge >= 0.3 is 0 Å². The summed E-state index contributed by atoms with van der Waals surface area (Å²) in [5, 5.41) is 14.3. The zero-order chi connectivity index (χ0) is 19.6. The van der Waals surface area contributed by atoms with Crippen LogP contribution in [0.1, 0.15) is 18.3 Å². The first-order valence-electron chi connectivity index (χ1n) is 8.13. The largest absolute Gasteiger partial charge is 0.481 e. The molecule has 1 atom stereocenters. The molecule has 1 N–H and O–H groups in total. The summed E-state index contributed by atoms with van der Waals surface area (Å²) < 4.78 is 21.1. The fraction of sp³-hybridized carbons (Fsp3) is 0.222. The van der Waals surface area contributed by atoms with Crippen molar-refractivity contribution >= 4 is 23.2 Å². The SMILES string of the molecule is Cc1cc(Cl)ccc1OC(C)C(=O)Nc1ccc(F)c(-n2nnnc2C)c1. The van der Waals surface area contributed by atoms with E-state index >= 15 is 0 Å². The minimum Gasteiger partial charge on any atom is -0.481 e. The second-order valence-corrected chi connectivity index (χ2v) is 6.40. The maximum atomic E-state index is 14.1. The molecule has 1 amide bonds. The number of halogens is 2. The highest BCUT2D eigenvalue weighted by Gasteiger charge is 2.17. The average molecular weight is 390 g/mol. The molecule has 3 aromatic rings. The molecular weight excluding hydrogens is 373 g/mol. The molecule has 3 rings (SSSR count). The van der Waals surface area contributed by atoms with Crippen LogP contribution in [0.25, 0.3) is 5.69 Å². The molecule has 0 aliphatic rings. The molecule has 0 saturated carbocycles. The van der Waals surface area contributed by atoms with Crippen LogP contribution in [0, 0.1) is 19.7 Å². The number of carbonyl (C=O) groups is 1. The average Bonchev–Trinajstić information content (AvgIpc) is 3.04. The molecule has 1 heterocycles. The number of hydrogen-bond donors (Lipinski definition) is 1. The van der Waals surface area contributed by atoms with Crippen molar-refractivity contribution in [2.24, 2.45) is 0 Å². The van der Waals surface area contributed by atoms with E-state index in [0.29, 0.717) is 22.3 Å². The number of rotatable bonds is 5. The summed E-state index contributed by atoms with van der Waals surface area (Å²) in [6, 6.07) is 9.30. The Hall–Kier alpha value is -3.00. The standard InChI is InChI=1S/C18H17ClFN5O2/c1-10-8-13(19)4-7-17(10)27-11(2)18(26)21-14-5-6-15(20)16(9-14)25-12(3)22-23-24-25/h4-9,11H,1-3H3,(H,21,26). The number of amides is 1. The van der Waals surface area contributed by atoms with Crippen molar-refractivity contribution in [3.05, 3.63) is 58.6 Å². The highest BCUT2D eigenvalue weighted by Crippen LogP contribution is 2.23. The molecule has 1 unspecified atom stereocenters. The van der Waals surface area contributed by atoms with Gasteiger partial charge in [-0.3, -0.25) is 4.79 Å². The topological polar surface area (TPSA) is 81.9 Å². The van der Waals surface area contributed by atoms with Gasteiger partial charge in [0.2, 0.25) is 0 Å². The van der Waals surface area contributed by atoms with E-state index in [-0.39, 0.29) is 11.6 Å². The molecule has 0 fully saturated rings. The lowest BCUT2D eigenvalue weighted by atomic mass is 10.2. The van der Waals surface area contributed by atoms with Gasteiger partial charge < -0.3 is 10.1 Å². The van der Waals surface area contributed by atoms with Crippen LogP contribution >= 0.6 is 11.6 Å². The number of nitrogens with zero attached hydrogens (tertiary/aromatic N) is 4. The molecule has 0 radical (unpaired) electrons. The molecule has 0 aliphatic heterocycles. The summed E-state index contributed by atoms with van der Waals surface area (Å²) in [4.78, 5) is 12.4. The summed E-state index contributed by atoms with van der Waals surface area (Å²) in [5.74, 6) is 0.0956. The van der Waals surface area contributed by atoms with E-state index in [9.17, 15) is 9.18 Å². The number of anilines is 1. The lowest BCUT2D eigenvalue weighted by molar-refractivity contribution is -0.122. The predicted molar refractivity (Wildman–Crippen MR) is 98.8 cm³/mol. The maximum absolute atomic E-state index is 14.1. The molecular formula is C18H17ClFN5O2. The molecule has 7 nitrogen and oxygen atoms in total. The molecule has 1 aromatic heterocycles. The van der Waals surface area contributed by atoms with Crippen LogP contribution in [0.5, 0.6) is 5.75 Å². The van der Waals surface area contributed by atoms with Crippen molar-refractivity contribution in [2.45, 2.75) is 26.9 Å². The van der Waals surface area contributed by atoms with E-state index in [0.717, 1.165) is 5.56 Å². The monoisotopic (exact) mass is 389 g/mol. The Balaban J connectivity index is 1.75. The Morgan fingerprint density at radius 1 is 1.26 bits per heavy atom. The minimum atomic E-state index is -0.770. The van der Waals surface area contributed by atoms with Gasteiger partial charge in [0, 0.05) is 10.7 Å². The van der Waals surface area contributed by atoms with Crippen LogP contribution < -0.4 is 10.1 Å². The summed E-state index contributed by atoms with van der Waals surface area (Å²) >= 11 is 5.92. The van der Waals surface area contributed by atoms with Gasteiger partial charge in [0.05, 0.1) is 0 Å². The fourth-order valence-corrected chi connectivity index (χ4v) is 2.67. The Labute approximate surface area is 160 Å². The Morgan fingerprint density at radius 2 is 2.04 bits per heavy atom. The first-order chi connectivity index (χ1) is 12.8. The molecule has 27 heavy (non-hydrogen) atoms. The van der Waals surface area contributed by atoms with Crippen LogP contribution in [0.4, 0.5) is 10.1 Å². The minimum absolute atomic E-state index is 0.136. The van der Waals surface area contributed by atoms with Gasteiger partial charge in [0.25, 0.3) is 5.91 Å². The predicted octanol–water partition coefficient (Wildman–Crippen LogP) is 3.48. The third kappa shape index (κ3) is 4.22. The zero-order valence-corrected chi connectivity index (χ0v) is 15.7. The van der Waals surface area contributed by atoms with E-state index in [4.69, 9.17) is 16.3 Å². The number of ether oxygens (including phenoxy) is 1. The lowest BCUT2D eigenvalue weighted by Gasteiger charge is -2.17. The summed E-state index contributed by atoms with van der Waals surface area (Å²) in [6.07, 6.45) is -0.770. The molecule has 2 aromatic carbocycles. The van der Waals surface area contributed by atoms with Gasteiger partial charge in [0.1, 0.15) is 17.3 Å². The van der Waals surface area contributed by atoms with E-state index < -0.39 is 11.9 Å². The number of aromatic nitrogens is 4. The number of nitrogens with one attached hydrogen (secondary N) is 1. The van der Waals surface area contributed by atoms with Crippen LogP contribution in [0.15, 0.2) is 36.4 Å². The Bertz CT molecular complexity index is 992. The maximum Gasteiger partial charge on any atom is 0.265 e. The van der Waals surface area contributed by atoms with Crippen LogP contribution in [-0.4, -0.2) is 32.2 Å². The van der Waals surface area contributed by atoms with Gasteiger partial charge in [-0.2, -0.15) is 4.68 Å². The summed E-state index contributed by atoms with van der Waals surface area (Å²) in [6.45, 7) is 5.11. The van der Waals surface area contributed by atoms with Crippen molar-refractivity contribution in [3.63, 3.8) is 0 Å². The first-order valence-corrected chi connectivity index (χ1v) is 8.51. The molecule has 0 aliphatic carbocycles. The summed E-state index contributed by atoms with van der Waals surface area (Å²) in [7, 11) is 0. The summed E-state index contributed by atoms with van der Waals surface area (Å²) in [5.41, 5.74) is 1.35. The lowest BCUT2D eigenvalue weighted by Crippen LogP contribution is -2.30. The number of aryl methyl sites for hydroxylation is 2. The quantitative estimate of drug-likeness (QED) is 0.722. The molecule has 0 bridgehead atoms. The molecule has 140 valence electrons. The van der Waals surface area contributed by atoms with Crippen LogP contribution in [0.2, 0.25) is 5.02 Å². The van der Waals surface area contributed by atoms with Gasteiger partial charge in [-0.1, -0.05) is 11.6 Å². The van der Waals surface area contributed by atoms with Gasteiger partial charge in [-0.15, -0.1) is 5.10 Å². The van der Waals surface area contributed by atoms with Crippen molar-refractivity contribution in [1.29, 1.82) is 0 Å². The smallest absolute Gasteiger partial charge is 0.265 e. The van der Waals surface area contributed by atoms with Crippen LogP contribution in [-0.2, 0) is 4.79 Å². The number of carbonyl (C=O) groups excluding carboxylic acids is 1. The van der Waals surface area contributed by atoms with Crippen LogP contribution in [0.3, 0.4) is 0 Å². The van der Waals surface area contributed by atoms with E-state index in [2.05, 4.69) is 20.8 Å². The Morgan fingerprint density at radius 3 is 2.70 bits per heavy atom. The van der Waals surface area contributed by atoms with E-state index in [1.165, 1.54) is 22.9 Å². The first kappa shape index (κ1) is 18.8. The van der Waals surface area contributed by atoms with E-state index in [1.54, 1.807) is 32.0 Å². The third-order valence-corrected chi connectivity index (χ3v) is 4.11. The van der Waals surface area contributed by atoms with Gasteiger partial charge in [-0.25, -0.2) is 4.39 Å². The Kier molecular flexibility index (Phi) is 5.36. The molecule has 9 heteroatoms. The third-order valence-electron chi connectivity index (χ3n) is 3.88. The van der Waals surface area contributed by atoms with Crippen molar-refractivity contribution < 1.29 is 13.9 Å². The second-order valence-electron chi connectivity index (χ2n) is 5.96. The van der Waals surface area contributed by atoms with Gasteiger partial charge in [0.15, 0.2) is 11.9 Å². The van der Waals surface area contributed by atoms with Crippen molar-refractivity contribution in [2.75, 3.05) is 5.32 Å². The highest BCUT2D eigenvalue weighted by molar-refractivity contribution is 6.30.